The van der Waals surface area contributed by atoms with E-state index in [0.717, 1.165) is 12.8 Å². The number of carbonyl (C=O) groups is 1. The highest BCUT2D eigenvalue weighted by atomic mass is 35.5. The highest BCUT2D eigenvalue weighted by Crippen LogP contribution is 2.28. The van der Waals surface area contributed by atoms with Gasteiger partial charge in [-0.3, -0.25) is 0 Å². The average Bonchev–Trinajstić information content (AvgIpc) is 2.57. The summed E-state index contributed by atoms with van der Waals surface area (Å²) >= 11 is 6.07. The minimum atomic E-state index is -0.513. The van der Waals surface area contributed by atoms with E-state index in [0.29, 0.717) is 31.8 Å². The number of nitrogens with zero attached hydrogens (tertiary/aromatic N) is 2. The summed E-state index contributed by atoms with van der Waals surface area (Å²) in [7, 11) is 0. The third-order valence-electron chi connectivity index (χ3n) is 4.36. The fourth-order valence-electron chi connectivity index (χ4n) is 3.06. The van der Waals surface area contributed by atoms with Gasteiger partial charge in [0.15, 0.2) is 5.82 Å². The van der Waals surface area contributed by atoms with E-state index in [4.69, 9.17) is 21.1 Å². The van der Waals surface area contributed by atoms with Crippen LogP contribution in [0.25, 0.3) is 5.76 Å². The summed E-state index contributed by atoms with van der Waals surface area (Å²) in [5, 5.41) is 0.216. The van der Waals surface area contributed by atoms with E-state index in [1.807, 2.05) is 27.7 Å². The average molecular weight is 399 g/mol. The largest absolute Gasteiger partial charge is 0.494 e. The molecule has 7 heteroatoms. The van der Waals surface area contributed by atoms with Crippen molar-refractivity contribution in [3.63, 3.8) is 0 Å². The number of amides is 1. The summed E-state index contributed by atoms with van der Waals surface area (Å²) in [5.74, 6) is 0.0325. The smallest absolute Gasteiger partial charge is 0.410 e. The van der Waals surface area contributed by atoms with Gasteiger partial charge in [-0.2, -0.15) is 0 Å². The highest BCUT2D eigenvalue weighted by Gasteiger charge is 2.28. The zero-order valence-corrected chi connectivity index (χ0v) is 17.2. The molecule has 0 N–H and O–H groups in total. The van der Waals surface area contributed by atoms with Gasteiger partial charge < -0.3 is 14.4 Å². The molecule has 150 valence electrons. The van der Waals surface area contributed by atoms with Crippen LogP contribution >= 0.6 is 11.6 Å². The maximum absolute atomic E-state index is 14.8. The second kappa shape index (κ2) is 8.91. The number of likely N-dealkylation sites (tertiary alicyclic amines) is 1. The Morgan fingerprint density at radius 2 is 2.04 bits per heavy atom. The van der Waals surface area contributed by atoms with Crippen LogP contribution in [-0.2, 0) is 15.9 Å². The van der Waals surface area contributed by atoms with Crippen molar-refractivity contribution in [3.05, 3.63) is 34.9 Å². The molecule has 5 nitrogen and oxygen atoms in total. The quantitative estimate of drug-likeness (QED) is 0.513. The third-order valence-corrected chi connectivity index (χ3v) is 4.56. The lowest BCUT2D eigenvalue weighted by Gasteiger charge is -2.33. The molecule has 1 aromatic rings. The fourth-order valence-corrected chi connectivity index (χ4v) is 3.27. The van der Waals surface area contributed by atoms with E-state index in [-0.39, 0.29) is 28.5 Å². The summed E-state index contributed by atoms with van der Waals surface area (Å²) < 4.78 is 25.5. The van der Waals surface area contributed by atoms with Crippen LogP contribution < -0.4 is 0 Å². The molecule has 1 amide bonds. The number of piperidine rings is 1. The molecule has 2 rings (SSSR count). The molecule has 0 atom stereocenters. The van der Waals surface area contributed by atoms with E-state index in [1.54, 1.807) is 4.90 Å². The standard InChI is InChI=1S/C20H28ClFN2O3/c1-6-26-13(2)15-12-17(21)23-16(18(15)22)11-14-7-9-24(10-8-14)19(25)27-20(3,4)5/h12,14H,2,6-11H2,1,3-5H3. The Labute approximate surface area is 165 Å². The Hall–Kier alpha value is -1.82. The molecule has 0 aliphatic carbocycles. The predicted molar refractivity (Wildman–Crippen MR) is 104 cm³/mol. The van der Waals surface area contributed by atoms with Crippen molar-refractivity contribution in [3.8, 4) is 0 Å². The lowest BCUT2D eigenvalue weighted by atomic mass is 9.91. The number of hydrogen-bond acceptors (Lipinski definition) is 4. The minimum Gasteiger partial charge on any atom is -0.494 e. The van der Waals surface area contributed by atoms with Crippen LogP contribution in [0.3, 0.4) is 0 Å². The lowest BCUT2D eigenvalue weighted by Crippen LogP contribution is -2.42. The van der Waals surface area contributed by atoms with Crippen molar-refractivity contribution in [2.24, 2.45) is 5.92 Å². The second-order valence-electron chi connectivity index (χ2n) is 7.72. The topological polar surface area (TPSA) is 51.7 Å². The number of aromatic nitrogens is 1. The zero-order valence-electron chi connectivity index (χ0n) is 16.5. The first-order chi connectivity index (χ1) is 12.6. The van der Waals surface area contributed by atoms with Gasteiger partial charge in [0, 0.05) is 13.1 Å². The number of pyridine rings is 1. The van der Waals surface area contributed by atoms with Gasteiger partial charge in [0.2, 0.25) is 0 Å². The van der Waals surface area contributed by atoms with Crippen molar-refractivity contribution in [1.82, 2.24) is 9.88 Å². The maximum atomic E-state index is 14.8. The van der Waals surface area contributed by atoms with Crippen molar-refractivity contribution >= 4 is 23.5 Å². The van der Waals surface area contributed by atoms with Crippen molar-refractivity contribution < 1.29 is 18.7 Å². The molecule has 0 aromatic carbocycles. The third kappa shape index (κ3) is 6.09. The number of carbonyl (C=O) groups excluding carboxylic acids is 1. The van der Waals surface area contributed by atoms with Crippen LogP contribution in [0, 0.1) is 11.7 Å². The van der Waals surface area contributed by atoms with Crippen molar-refractivity contribution in [1.29, 1.82) is 0 Å². The molecule has 2 heterocycles. The van der Waals surface area contributed by atoms with E-state index < -0.39 is 11.4 Å². The monoisotopic (exact) mass is 398 g/mol. The lowest BCUT2D eigenvalue weighted by molar-refractivity contribution is 0.0183. The summed E-state index contributed by atoms with van der Waals surface area (Å²) in [5.41, 5.74) is 0.0494. The van der Waals surface area contributed by atoms with Gasteiger partial charge in [0.25, 0.3) is 0 Å². The van der Waals surface area contributed by atoms with E-state index in [1.165, 1.54) is 6.07 Å². The molecule has 1 aliphatic heterocycles. The molecule has 1 saturated heterocycles. The van der Waals surface area contributed by atoms with E-state index in [2.05, 4.69) is 11.6 Å². The van der Waals surface area contributed by atoms with Gasteiger partial charge in [-0.1, -0.05) is 18.2 Å². The number of rotatable bonds is 5. The van der Waals surface area contributed by atoms with Crippen LogP contribution in [0.4, 0.5) is 9.18 Å². The molecule has 1 aromatic heterocycles. The van der Waals surface area contributed by atoms with Crippen LogP contribution in [0.2, 0.25) is 5.15 Å². The molecular formula is C20H28ClFN2O3. The first kappa shape index (κ1) is 21.5. The SMILES string of the molecule is C=C(OCC)c1cc(Cl)nc(CC2CCN(C(=O)OC(C)(C)C)CC2)c1F. The van der Waals surface area contributed by atoms with Crippen LogP contribution in [0.15, 0.2) is 12.6 Å². The first-order valence-electron chi connectivity index (χ1n) is 9.25. The Kier molecular flexibility index (Phi) is 7.09. The Morgan fingerprint density at radius 3 is 2.59 bits per heavy atom. The molecule has 0 radical (unpaired) electrons. The first-order valence-corrected chi connectivity index (χ1v) is 9.63. The van der Waals surface area contributed by atoms with Crippen LogP contribution in [-0.4, -0.2) is 41.3 Å². The molecule has 0 bridgehead atoms. The zero-order chi connectivity index (χ0) is 20.2. The van der Waals surface area contributed by atoms with Gasteiger partial charge in [-0.05, 0) is 58.9 Å². The number of hydrogen-bond donors (Lipinski definition) is 0. The summed E-state index contributed by atoms with van der Waals surface area (Å²) in [6, 6.07) is 1.43. The van der Waals surface area contributed by atoms with E-state index >= 15 is 0 Å². The molecule has 1 aliphatic rings. The molecule has 0 unspecified atom stereocenters. The van der Waals surface area contributed by atoms with Gasteiger partial charge in [0.1, 0.15) is 16.5 Å². The van der Waals surface area contributed by atoms with Gasteiger partial charge in [-0.15, -0.1) is 0 Å². The molecular weight excluding hydrogens is 371 g/mol. The molecule has 1 fully saturated rings. The Morgan fingerprint density at radius 1 is 1.41 bits per heavy atom. The molecule has 0 spiro atoms. The Balaban J connectivity index is 2.01. The molecule has 27 heavy (non-hydrogen) atoms. The van der Waals surface area contributed by atoms with Crippen molar-refractivity contribution in [2.75, 3.05) is 19.7 Å². The van der Waals surface area contributed by atoms with Crippen LogP contribution in [0.1, 0.15) is 51.8 Å². The van der Waals surface area contributed by atoms with Gasteiger partial charge in [-0.25, -0.2) is 14.2 Å². The maximum Gasteiger partial charge on any atom is 0.410 e. The van der Waals surface area contributed by atoms with E-state index in [9.17, 15) is 9.18 Å². The van der Waals surface area contributed by atoms with Crippen molar-refractivity contribution in [2.45, 2.75) is 52.6 Å². The number of halogens is 2. The van der Waals surface area contributed by atoms with Gasteiger partial charge in [0.05, 0.1) is 17.9 Å². The van der Waals surface area contributed by atoms with Gasteiger partial charge >= 0.3 is 6.09 Å². The second-order valence-corrected chi connectivity index (χ2v) is 8.11. The normalized spacial score (nSPS) is 15.6. The summed E-state index contributed by atoms with van der Waals surface area (Å²) in [6.45, 7) is 12.7. The fraction of sp³-hybridized carbons (Fsp3) is 0.600. The summed E-state index contributed by atoms with van der Waals surface area (Å²) in [6.07, 6.45) is 1.67. The number of ether oxygens (including phenoxy) is 2. The predicted octanol–water partition coefficient (Wildman–Crippen LogP) is 5.07. The van der Waals surface area contributed by atoms with Crippen LogP contribution in [0.5, 0.6) is 0 Å². The molecule has 0 saturated carbocycles. The highest BCUT2D eigenvalue weighted by molar-refractivity contribution is 6.29. The minimum absolute atomic E-state index is 0.216. The Bertz CT molecular complexity index is 695. The summed E-state index contributed by atoms with van der Waals surface area (Å²) in [4.78, 5) is 18.0.